The number of hydrogen-bond donors (Lipinski definition) is 2. The van der Waals surface area contributed by atoms with Crippen molar-refractivity contribution in [3.05, 3.63) is 62.3 Å². The molecule has 0 radical (unpaired) electrons. The monoisotopic (exact) mass is 418 g/mol. The SMILES string of the molecule is O=C(CNC(=O)c1cc(F)c(Cl)cc1Cl)Nc1ccccc1Br. The van der Waals surface area contributed by atoms with E-state index in [1.165, 1.54) is 0 Å². The topological polar surface area (TPSA) is 58.2 Å². The Hall–Kier alpha value is -1.63. The summed E-state index contributed by atoms with van der Waals surface area (Å²) in [4.78, 5) is 23.8. The molecule has 0 atom stereocenters. The smallest absolute Gasteiger partial charge is 0.253 e. The Labute approximate surface area is 150 Å². The van der Waals surface area contributed by atoms with Gasteiger partial charge in [0.1, 0.15) is 5.82 Å². The molecule has 0 heterocycles. The molecule has 0 spiro atoms. The van der Waals surface area contributed by atoms with Crippen molar-refractivity contribution in [3.8, 4) is 0 Å². The molecular weight excluding hydrogens is 410 g/mol. The molecule has 2 rings (SSSR count). The van der Waals surface area contributed by atoms with Crippen molar-refractivity contribution in [2.24, 2.45) is 0 Å². The molecule has 0 saturated heterocycles. The van der Waals surface area contributed by atoms with E-state index in [4.69, 9.17) is 23.2 Å². The second-order valence-electron chi connectivity index (χ2n) is 4.46. The maximum atomic E-state index is 13.4. The first-order chi connectivity index (χ1) is 10.9. The average molecular weight is 420 g/mol. The van der Waals surface area contributed by atoms with E-state index < -0.39 is 17.6 Å². The summed E-state index contributed by atoms with van der Waals surface area (Å²) in [6, 6.07) is 9.09. The third-order valence-electron chi connectivity index (χ3n) is 2.81. The van der Waals surface area contributed by atoms with Crippen molar-refractivity contribution in [1.29, 1.82) is 0 Å². The van der Waals surface area contributed by atoms with Gasteiger partial charge in [0.15, 0.2) is 0 Å². The highest BCUT2D eigenvalue weighted by atomic mass is 79.9. The molecule has 0 aromatic heterocycles. The predicted octanol–water partition coefficient (Wildman–Crippen LogP) is 4.26. The zero-order chi connectivity index (χ0) is 17.0. The predicted molar refractivity (Wildman–Crippen MR) is 91.5 cm³/mol. The number of anilines is 1. The fourth-order valence-corrected chi connectivity index (χ4v) is 2.56. The Morgan fingerprint density at radius 3 is 2.52 bits per heavy atom. The van der Waals surface area contributed by atoms with Gasteiger partial charge in [0.2, 0.25) is 5.91 Å². The number of hydrogen-bond acceptors (Lipinski definition) is 2. The van der Waals surface area contributed by atoms with Gasteiger partial charge in [-0.3, -0.25) is 9.59 Å². The molecule has 0 unspecified atom stereocenters. The van der Waals surface area contributed by atoms with Gasteiger partial charge in [0, 0.05) is 4.47 Å². The van der Waals surface area contributed by atoms with Crippen molar-refractivity contribution >= 4 is 56.6 Å². The first kappa shape index (κ1) is 17.7. The lowest BCUT2D eigenvalue weighted by Gasteiger charge is -2.09. The first-order valence-electron chi connectivity index (χ1n) is 6.35. The van der Waals surface area contributed by atoms with E-state index in [-0.39, 0.29) is 22.2 Å². The summed E-state index contributed by atoms with van der Waals surface area (Å²) in [6.45, 7) is -0.291. The number of para-hydroxylation sites is 1. The van der Waals surface area contributed by atoms with Gasteiger partial charge in [-0.2, -0.15) is 0 Å². The van der Waals surface area contributed by atoms with Crippen LogP contribution >= 0.6 is 39.1 Å². The maximum absolute atomic E-state index is 13.4. The molecule has 8 heteroatoms. The lowest BCUT2D eigenvalue weighted by atomic mass is 10.2. The highest BCUT2D eigenvalue weighted by Gasteiger charge is 2.15. The number of amides is 2. The molecule has 23 heavy (non-hydrogen) atoms. The quantitative estimate of drug-likeness (QED) is 0.727. The normalized spacial score (nSPS) is 10.3. The van der Waals surface area contributed by atoms with Crippen molar-refractivity contribution < 1.29 is 14.0 Å². The number of halogens is 4. The van der Waals surface area contributed by atoms with Crippen LogP contribution in [0, 0.1) is 5.82 Å². The molecule has 2 aromatic carbocycles. The average Bonchev–Trinajstić information content (AvgIpc) is 2.51. The van der Waals surface area contributed by atoms with Gasteiger partial charge < -0.3 is 10.6 Å². The number of carbonyl (C=O) groups excluding carboxylic acids is 2. The van der Waals surface area contributed by atoms with Gasteiger partial charge in [-0.1, -0.05) is 35.3 Å². The highest BCUT2D eigenvalue weighted by Crippen LogP contribution is 2.24. The van der Waals surface area contributed by atoms with Crippen LogP contribution < -0.4 is 10.6 Å². The fraction of sp³-hybridized carbons (Fsp3) is 0.0667. The summed E-state index contributed by atoms with van der Waals surface area (Å²) in [5.74, 6) is -1.87. The fourth-order valence-electron chi connectivity index (χ4n) is 1.71. The van der Waals surface area contributed by atoms with Gasteiger partial charge >= 0.3 is 0 Å². The van der Waals surface area contributed by atoms with Gasteiger partial charge in [-0.15, -0.1) is 0 Å². The molecule has 0 saturated carbocycles. The summed E-state index contributed by atoms with van der Waals surface area (Å²) >= 11 is 14.7. The van der Waals surface area contributed by atoms with E-state index in [1.807, 2.05) is 0 Å². The molecule has 2 N–H and O–H groups in total. The third kappa shape index (κ3) is 4.67. The molecule has 0 aliphatic carbocycles. The van der Waals surface area contributed by atoms with Crippen LogP contribution in [0.5, 0.6) is 0 Å². The van der Waals surface area contributed by atoms with Crippen molar-refractivity contribution in [3.63, 3.8) is 0 Å². The number of benzene rings is 2. The maximum Gasteiger partial charge on any atom is 0.253 e. The van der Waals surface area contributed by atoms with Gasteiger partial charge in [-0.05, 0) is 40.2 Å². The third-order valence-corrected chi connectivity index (χ3v) is 4.11. The molecule has 4 nitrogen and oxygen atoms in total. The van der Waals surface area contributed by atoms with E-state index in [2.05, 4.69) is 26.6 Å². The van der Waals surface area contributed by atoms with E-state index in [0.29, 0.717) is 10.2 Å². The van der Waals surface area contributed by atoms with E-state index in [9.17, 15) is 14.0 Å². The highest BCUT2D eigenvalue weighted by molar-refractivity contribution is 9.10. The Bertz CT molecular complexity index is 771. The van der Waals surface area contributed by atoms with Crippen LogP contribution in [0.15, 0.2) is 40.9 Å². The zero-order valence-electron chi connectivity index (χ0n) is 11.5. The molecule has 0 fully saturated rings. The molecule has 2 amide bonds. The van der Waals surface area contributed by atoms with Crippen LogP contribution in [-0.4, -0.2) is 18.4 Å². The second-order valence-corrected chi connectivity index (χ2v) is 6.13. The molecular formula is C15H10BrCl2FN2O2. The molecule has 120 valence electrons. The molecule has 0 bridgehead atoms. The van der Waals surface area contributed by atoms with Crippen LogP contribution in [0.25, 0.3) is 0 Å². The van der Waals surface area contributed by atoms with Crippen molar-refractivity contribution in [2.75, 3.05) is 11.9 Å². The van der Waals surface area contributed by atoms with Crippen LogP contribution in [0.1, 0.15) is 10.4 Å². The Kier molecular flexibility index (Phi) is 5.98. The van der Waals surface area contributed by atoms with Gasteiger partial charge in [0.05, 0.1) is 27.8 Å². The standard InChI is InChI=1S/C15H10BrCl2FN2O2/c16-9-3-1-2-4-13(9)21-14(22)7-20-15(23)8-5-12(19)11(18)6-10(8)17/h1-6H,7H2,(H,20,23)(H,21,22). The Morgan fingerprint density at radius 2 is 1.83 bits per heavy atom. The summed E-state index contributed by atoms with van der Waals surface area (Å²) in [5, 5.41) is 4.81. The summed E-state index contributed by atoms with van der Waals surface area (Å²) in [7, 11) is 0. The molecule has 0 aliphatic heterocycles. The van der Waals surface area contributed by atoms with E-state index >= 15 is 0 Å². The zero-order valence-corrected chi connectivity index (χ0v) is 14.6. The molecule has 2 aromatic rings. The summed E-state index contributed by atoms with van der Waals surface area (Å²) in [6.07, 6.45) is 0. The summed E-state index contributed by atoms with van der Waals surface area (Å²) in [5.41, 5.74) is 0.476. The van der Waals surface area contributed by atoms with E-state index in [1.54, 1.807) is 24.3 Å². The van der Waals surface area contributed by atoms with Crippen molar-refractivity contribution in [1.82, 2.24) is 5.32 Å². The van der Waals surface area contributed by atoms with Crippen molar-refractivity contribution in [2.45, 2.75) is 0 Å². The molecule has 0 aliphatic rings. The number of rotatable bonds is 4. The van der Waals surface area contributed by atoms with Crippen LogP contribution in [0.2, 0.25) is 10.0 Å². The second kappa shape index (κ2) is 7.77. The Morgan fingerprint density at radius 1 is 1.13 bits per heavy atom. The van der Waals surface area contributed by atoms with Gasteiger partial charge in [0.25, 0.3) is 5.91 Å². The minimum absolute atomic E-state index is 0.000104. The summed E-state index contributed by atoms with van der Waals surface area (Å²) < 4.78 is 14.1. The number of carbonyl (C=O) groups is 2. The lowest BCUT2D eigenvalue weighted by Crippen LogP contribution is -2.33. The van der Waals surface area contributed by atoms with Gasteiger partial charge in [-0.25, -0.2) is 4.39 Å². The minimum atomic E-state index is -0.765. The van der Waals surface area contributed by atoms with Crippen LogP contribution in [0.3, 0.4) is 0 Å². The minimum Gasteiger partial charge on any atom is -0.343 e. The Balaban J connectivity index is 1.98. The van der Waals surface area contributed by atoms with Crippen LogP contribution in [0.4, 0.5) is 10.1 Å². The van der Waals surface area contributed by atoms with E-state index in [0.717, 1.165) is 12.1 Å². The number of nitrogens with one attached hydrogen (secondary N) is 2. The first-order valence-corrected chi connectivity index (χ1v) is 7.90. The lowest BCUT2D eigenvalue weighted by molar-refractivity contribution is -0.115. The largest absolute Gasteiger partial charge is 0.343 e. The van der Waals surface area contributed by atoms with Crippen LogP contribution in [-0.2, 0) is 4.79 Å².